The van der Waals surface area contributed by atoms with Gasteiger partial charge in [0.1, 0.15) is 30.2 Å². The van der Waals surface area contributed by atoms with E-state index in [0.29, 0.717) is 30.8 Å². The van der Waals surface area contributed by atoms with Crippen LogP contribution in [0.4, 0.5) is 5.82 Å². The average Bonchev–Trinajstić information content (AvgIpc) is 3.26. The number of nitrogen functional groups attached to an aromatic ring is 1. The van der Waals surface area contributed by atoms with Gasteiger partial charge < -0.3 is 26.4 Å². The zero-order valence-electron chi connectivity index (χ0n) is 16.1. The molecule has 0 unspecified atom stereocenters. The smallest absolute Gasteiger partial charge is 0.167 e. The Morgan fingerprint density at radius 3 is 2.55 bits per heavy atom. The summed E-state index contributed by atoms with van der Waals surface area (Å²) >= 11 is 0. The molecule has 10 nitrogen and oxygen atoms in total. The number of aliphatic hydroxyl groups is 2. The predicted octanol–water partition coefficient (Wildman–Crippen LogP) is -0.382. The first-order chi connectivity index (χ1) is 14.0. The Morgan fingerprint density at radius 1 is 1.10 bits per heavy atom. The molecule has 1 saturated heterocycles. The summed E-state index contributed by atoms with van der Waals surface area (Å²) in [4.78, 5) is 14.3. The Morgan fingerprint density at radius 2 is 1.83 bits per heavy atom. The van der Waals surface area contributed by atoms with Crippen LogP contribution in [0.2, 0.25) is 0 Å². The molecule has 6 N–H and O–H groups in total. The first-order valence-corrected chi connectivity index (χ1v) is 9.39. The Balaban J connectivity index is 1.45. The Bertz CT molecular complexity index is 978. The molecule has 1 aliphatic heterocycles. The van der Waals surface area contributed by atoms with E-state index in [-0.39, 0.29) is 5.82 Å². The molecule has 3 heterocycles. The van der Waals surface area contributed by atoms with Gasteiger partial charge in [-0.2, -0.15) is 0 Å². The van der Waals surface area contributed by atoms with Crippen molar-refractivity contribution in [3.63, 3.8) is 0 Å². The van der Waals surface area contributed by atoms with E-state index >= 15 is 0 Å². The van der Waals surface area contributed by atoms with Crippen molar-refractivity contribution in [2.75, 3.05) is 19.3 Å². The highest BCUT2D eigenvalue weighted by Crippen LogP contribution is 2.32. The zero-order chi connectivity index (χ0) is 20.5. The van der Waals surface area contributed by atoms with Crippen LogP contribution in [-0.2, 0) is 17.8 Å². The van der Waals surface area contributed by atoms with Crippen LogP contribution >= 0.6 is 0 Å². The van der Waals surface area contributed by atoms with Gasteiger partial charge in [0.2, 0.25) is 0 Å². The summed E-state index contributed by atoms with van der Waals surface area (Å²) in [6, 6.07) is 8.07. The molecule has 154 valence electrons. The van der Waals surface area contributed by atoms with Gasteiger partial charge in [0.15, 0.2) is 17.7 Å². The van der Waals surface area contributed by atoms with Crippen molar-refractivity contribution in [3.05, 3.63) is 48.0 Å². The van der Waals surface area contributed by atoms with Crippen LogP contribution in [-0.4, -0.2) is 66.5 Å². The molecule has 0 amide bonds. The molecule has 0 spiro atoms. The molecule has 0 aliphatic carbocycles. The highest BCUT2D eigenvalue weighted by Gasteiger charge is 2.44. The van der Waals surface area contributed by atoms with Crippen molar-refractivity contribution in [2.24, 2.45) is 5.73 Å². The van der Waals surface area contributed by atoms with E-state index in [1.54, 1.807) is 4.57 Å². The fourth-order valence-electron chi connectivity index (χ4n) is 3.63. The first kappa shape index (κ1) is 19.7. The number of fused-ring (bicyclic) bond motifs is 1. The average molecular weight is 399 g/mol. The van der Waals surface area contributed by atoms with E-state index < -0.39 is 24.5 Å². The highest BCUT2D eigenvalue weighted by atomic mass is 16.6. The molecule has 0 radical (unpaired) electrons. The lowest BCUT2D eigenvalue weighted by molar-refractivity contribution is -0.0427. The molecule has 4 atom stereocenters. The largest absolute Gasteiger partial charge is 0.387 e. The molecule has 10 heteroatoms. The third-order valence-corrected chi connectivity index (χ3v) is 5.20. The molecule has 1 aliphatic rings. The molecule has 0 saturated carbocycles. The van der Waals surface area contributed by atoms with Crippen LogP contribution in [0, 0.1) is 0 Å². The van der Waals surface area contributed by atoms with Crippen molar-refractivity contribution >= 4 is 17.0 Å². The number of ether oxygens (including phenoxy) is 1. The Labute approximate surface area is 167 Å². The fourth-order valence-corrected chi connectivity index (χ4v) is 3.63. The number of benzene rings is 1. The molecular formula is C19H25N7O3. The number of aliphatic hydroxyl groups excluding tert-OH is 2. The van der Waals surface area contributed by atoms with Crippen LogP contribution in [0.25, 0.3) is 11.2 Å². The molecular weight excluding hydrogens is 374 g/mol. The summed E-state index contributed by atoms with van der Waals surface area (Å²) in [5.74, 6) is 0.249. The van der Waals surface area contributed by atoms with Crippen LogP contribution in [0.3, 0.4) is 0 Å². The number of anilines is 1. The Hall–Kier alpha value is -2.63. The van der Waals surface area contributed by atoms with Crippen LogP contribution in [0.15, 0.2) is 36.9 Å². The summed E-state index contributed by atoms with van der Waals surface area (Å²) in [6.45, 7) is 1.63. The predicted molar refractivity (Wildman–Crippen MR) is 106 cm³/mol. The maximum atomic E-state index is 10.6. The van der Waals surface area contributed by atoms with Gasteiger partial charge in [-0.25, -0.2) is 15.0 Å². The summed E-state index contributed by atoms with van der Waals surface area (Å²) in [5, 5.41) is 21.1. The molecule has 3 aromatic rings. The molecule has 1 aromatic carbocycles. The highest BCUT2D eigenvalue weighted by molar-refractivity contribution is 5.81. The number of imidazole rings is 1. The second-order valence-corrected chi connectivity index (χ2v) is 7.35. The first-order valence-electron chi connectivity index (χ1n) is 9.39. The van der Waals surface area contributed by atoms with E-state index in [9.17, 15) is 10.2 Å². The summed E-state index contributed by atoms with van der Waals surface area (Å²) in [5.41, 5.74) is 14.5. The van der Waals surface area contributed by atoms with E-state index in [1.165, 1.54) is 12.7 Å². The number of rotatable bonds is 6. The van der Waals surface area contributed by atoms with E-state index in [0.717, 1.165) is 11.1 Å². The van der Waals surface area contributed by atoms with Gasteiger partial charge in [-0.1, -0.05) is 24.3 Å². The molecule has 29 heavy (non-hydrogen) atoms. The number of nitrogens with two attached hydrogens (primary N) is 2. The van der Waals surface area contributed by atoms with Gasteiger partial charge in [0.05, 0.1) is 6.33 Å². The van der Waals surface area contributed by atoms with Gasteiger partial charge >= 0.3 is 0 Å². The topological polar surface area (TPSA) is 149 Å². The fraction of sp³-hybridized carbons (Fsp3) is 0.421. The SMILES string of the molecule is CN(Cc1ccc(CN)cc1)C[C@H]1O[C@@H](n2cnc3c(N)ncnc32)[C@H](O)[C@@H]1O. The summed E-state index contributed by atoms with van der Waals surface area (Å²) in [6.07, 6.45) is -0.730. The number of likely N-dealkylation sites (N-methyl/N-ethyl adjacent to an activating group) is 1. The van der Waals surface area contributed by atoms with Gasteiger partial charge in [-0.15, -0.1) is 0 Å². The minimum absolute atomic E-state index is 0.249. The number of hydrogen-bond donors (Lipinski definition) is 4. The third-order valence-electron chi connectivity index (χ3n) is 5.20. The van der Waals surface area contributed by atoms with Gasteiger partial charge in [-0.05, 0) is 18.2 Å². The lowest BCUT2D eigenvalue weighted by Gasteiger charge is -2.23. The van der Waals surface area contributed by atoms with Crippen molar-refractivity contribution < 1.29 is 14.9 Å². The minimum Gasteiger partial charge on any atom is -0.387 e. The van der Waals surface area contributed by atoms with E-state index in [2.05, 4.69) is 15.0 Å². The van der Waals surface area contributed by atoms with E-state index in [4.69, 9.17) is 16.2 Å². The molecule has 0 bridgehead atoms. The number of hydrogen-bond acceptors (Lipinski definition) is 9. The lowest BCUT2D eigenvalue weighted by atomic mass is 10.1. The second kappa shape index (κ2) is 8.01. The summed E-state index contributed by atoms with van der Waals surface area (Å²) in [7, 11) is 1.94. The quantitative estimate of drug-likeness (QED) is 0.435. The van der Waals surface area contributed by atoms with Crippen molar-refractivity contribution in [3.8, 4) is 0 Å². The van der Waals surface area contributed by atoms with Gasteiger partial charge in [0, 0.05) is 19.6 Å². The normalized spacial score (nSPS) is 24.6. The lowest BCUT2D eigenvalue weighted by Crippen LogP contribution is -2.38. The third kappa shape index (κ3) is 3.80. The maximum Gasteiger partial charge on any atom is 0.167 e. The van der Waals surface area contributed by atoms with Gasteiger partial charge in [0.25, 0.3) is 0 Å². The van der Waals surface area contributed by atoms with Crippen molar-refractivity contribution in [1.82, 2.24) is 24.4 Å². The van der Waals surface area contributed by atoms with E-state index in [1.807, 2.05) is 36.2 Å². The number of nitrogens with zero attached hydrogens (tertiary/aromatic N) is 5. The summed E-state index contributed by atoms with van der Waals surface area (Å²) < 4.78 is 7.56. The standard InChI is InChI=1S/C19H25N7O3/c1-25(7-12-4-2-11(6-20)3-5-12)8-13-15(27)16(28)19(29-13)26-10-24-14-17(21)22-9-23-18(14)26/h2-5,9-10,13,15-16,19,27-28H,6-8,20H2,1H3,(H2,21,22,23)/t13-,15-,16-,19-/m1/s1. The van der Waals surface area contributed by atoms with Crippen molar-refractivity contribution in [2.45, 2.75) is 37.6 Å². The van der Waals surface area contributed by atoms with Crippen molar-refractivity contribution in [1.29, 1.82) is 0 Å². The molecule has 1 fully saturated rings. The monoisotopic (exact) mass is 399 g/mol. The molecule has 4 rings (SSSR count). The Kier molecular flexibility index (Phi) is 5.43. The van der Waals surface area contributed by atoms with Gasteiger partial charge in [-0.3, -0.25) is 9.47 Å². The van der Waals surface area contributed by atoms with Crippen LogP contribution in [0.1, 0.15) is 17.4 Å². The number of aromatic nitrogens is 4. The zero-order valence-corrected chi connectivity index (χ0v) is 16.1. The maximum absolute atomic E-state index is 10.6. The van der Waals surface area contributed by atoms with Crippen LogP contribution < -0.4 is 11.5 Å². The minimum atomic E-state index is -1.12. The molecule has 2 aromatic heterocycles. The second-order valence-electron chi connectivity index (χ2n) is 7.35. The van der Waals surface area contributed by atoms with Crippen LogP contribution in [0.5, 0.6) is 0 Å².